The maximum absolute atomic E-state index is 13.0. The van der Waals surface area contributed by atoms with Gasteiger partial charge < -0.3 is 4.90 Å². The number of nitrogens with zero attached hydrogens (tertiary/aromatic N) is 6. The molecule has 4 rings (SSSR count). The van der Waals surface area contributed by atoms with Crippen molar-refractivity contribution in [2.24, 2.45) is 13.0 Å². The van der Waals surface area contributed by atoms with E-state index >= 15 is 0 Å². The lowest BCUT2D eigenvalue weighted by molar-refractivity contribution is -0.128. The van der Waals surface area contributed by atoms with E-state index in [1.165, 1.54) is 0 Å². The van der Waals surface area contributed by atoms with Crippen LogP contribution in [0.2, 0.25) is 0 Å². The minimum absolute atomic E-state index is 0.0401. The van der Waals surface area contributed by atoms with Crippen LogP contribution in [0.1, 0.15) is 42.4 Å². The van der Waals surface area contributed by atoms with Crippen molar-refractivity contribution in [2.75, 3.05) is 12.4 Å². The molecule has 138 valence electrons. The second-order valence-corrected chi connectivity index (χ2v) is 7.11. The number of likely N-dealkylation sites (tertiary alicyclic amines) is 1. The Morgan fingerprint density at radius 3 is 2.81 bits per heavy atom. The first-order valence-corrected chi connectivity index (χ1v) is 8.94. The van der Waals surface area contributed by atoms with Gasteiger partial charge in [0.05, 0.1) is 18.2 Å². The van der Waals surface area contributed by atoms with Gasteiger partial charge in [0.1, 0.15) is 5.82 Å². The third kappa shape index (κ3) is 2.58. The summed E-state index contributed by atoms with van der Waals surface area (Å²) in [6, 6.07) is -0.319. The quantitative estimate of drug-likeness (QED) is 0.877. The number of rotatable bonds is 3. The molecule has 1 fully saturated rings. The molecule has 4 heterocycles. The average Bonchev–Trinajstić information content (AvgIpc) is 3.27. The Morgan fingerprint density at radius 1 is 1.27 bits per heavy atom. The minimum Gasteiger partial charge on any atom is -0.338 e. The van der Waals surface area contributed by atoms with Gasteiger partial charge in [-0.25, -0.2) is 0 Å². The molecule has 0 radical (unpaired) electrons. The zero-order chi connectivity index (χ0) is 18.4. The summed E-state index contributed by atoms with van der Waals surface area (Å²) in [4.78, 5) is 27.0. The molecule has 2 atom stereocenters. The standard InChI is InChI=1S/C17H23N7O2/c1-10-12(9-18-23(10)3)15-11(8-14(25)22(15)2)16(26)19-17-21-20-13-6-4-5-7-24(13)17/h9,11,15H,4-8H2,1-3H3,(H,19,21,26)/t11-,15-/m0/s1. The highest BCUT2D eigenvalue weighted by atomic mass is 16.2. The number of carbonyl (C=O) groups excluding carboxylic acids is 2. The zero-order valence-corrected chi connectivity index (χ0v) is 15.3. The normalized spacial score (nSPS) is 22.6. The van der Waals surface area contributed by atoms with Gasteiger partial charge in [-0.3, -0.25) is 24.2 Å². The predicted octanol–water partition coefficient (Wildman–Crippen LogP) is 0.814. The Kier molecular flexibility index (Phi) is 4.01. The van der Waals surface area contributed by atoms with Crippen LogP contribution in [0.15, 0.2) is 6.20 Å². The summed E-state index contributed by atoms with van der Waals surface area (Å²) in [5.41, 5.74) is 1.86. The largest absolute Gasteiger partial charge is 0.338 e. The molecule has 1 N–H and O–H groups in total. The summed E-state index contributed by atoms with van der Waals surface area (Å²) >= 11 is 0. The molecule has 2 aliphatic heterocycles. The molecule has 2 aromatic rings. The number of carbonyl (C=O) groups is 2. The molecule has 9 heteroatoms. The number of hydrogen-bond acceptors (Lipinski definition) is 5. The first kappa shape index (κ1) is 16.7. The molecular formula is C17H23N7O2. The molecule has 0 saturated carbocycles. The van der Waals surface area contributed by atoms with Crippen molar-refractivity contribution < 1.29 is 9.59 Å². The van der Waals surface area contributed by atoms with E-state index in [-0.39, 0.29) is 24.3 Å². The van der Waals surface area contributed by atoms with Crippen molar-refractivity contribution in [2.45, 2.75) is 45.2 Å². The highest BCUT2D eigenvalue weighted by molar-refractivity contribution is 5.97. The molecule has 0 aromatic carbocycles. The number of anilines is 1. The number of amides is 2. The van der Waals surface area contributed by atoms with Crippen molar-refractivity contribution >= 4 is 17.8 Å². The second kappa shape index (κ2) is 6.22. The highest BCUT2D eigenvalue weighted by Crippen LogP contribution is 2.38. The van der Waals surface area contributed by atoms with Crippen molar-refractivity contribution in [1.29, 1.82) is 0 Å². The van der Waals surface area contributed by atoms with Crippen LogP contribution in [0.3, 0.4) is 0 Å². The Balaban J connectivity index is 1.60. The van der Waals surface area contributed by atoms with E-state index in [9.17, 15) is 9.59 Å². The molecule has 1 saturated heterocycles. The van der Waals surface area contributed by atoms with Gasteiger partial charge >= 0.3 is 0 Å². The smallest absolute Gasteiger partial charge is 0.232 e. The van der Waals surface area contributed by atoms with Crippen molar-refractivity contribution in [3.05, 3.63) is 23.3 Å². The Labute approximate surface area is 151 Å². The van der Waals surface area contributed by atoms with E-state index in [0.717, 1.165) is 42.9 Å². The molecular weight excluding hydrogens is 334 g/mol. The SMILES string of the molecule is Cc1c([C@@H]2[C@@H](C(=O)Nc3nnc4n3CCCC4)CC(=O)N2C)cnn1C. The number of aromatic nitrogens is 5. The zero-order valence-electron chi connectivity index (χ0n) is 15.3. The van der Waals surface area contributed by atoms with E-state index in [1.807, 2.05) is 18.5 Å². The predicted molar refractivity (Wildman–Crippen MR) is 93.2 cm³/mol. The van der Waals surface area contributed by atoms with Crippen LogP contribution < -0.4 is 5.32 Å². The summed E-state index contributed by atoms with van der Waals surface area (Å²) in [5.74, 6) is 0.671. The van der Waals surface area contributed by atoms with E-state index in [4.69, 9.17) is 0 Å². The van der Waals surface area contributed by atoms with Crippen LogP contribution >= 0.6 is 0 Å². The fourth-order valence-corrected chi connectivity index (χ4v) is 3.94. The average molecular weight is 357 g/mol. The Bertz CT molecular complexity index is 869. The lowest BCUT2D eigenvalue weighted by atomic mass is 9.93. The van der Waals surface area contributed by atoms with Gasteiger partial charge in [-0.05, 0) is 19.8 Å². The monoisotopic (exact) mass is 357 g/mol. The van der Waals surface area contributed by atoms with Gasteiger partial charge in [0, 0.05) is 44.7 Å². The lowest BCUT2D eigenvalue weighted by Gasteiger charge is -2.24. The molecule has 0 aliphatic carbocycles. The van der Waals surface area contributed by atoms with Crippen LogP contribution in [0.4, 0.5) is 5.95 Å². The van der Waals surface area contributed by atoms with Gasteiger partial charge in [0.2, 0.25) is 17.8 Å². The van der Waals surface area contributed by atoms with Crippen LogP contribution in [0.25, 0.3) is 0 Å². The molecule has 2 amide bonds. The van der Waals surface area contributed by atoms with Gasteiger partial charge in [0.25, 0.3) is 0 Å². The molecule has 2 aliphatic rings. The summed E-state index contributed by atoms with van der Waals surface area (Å²) in [6.07, 6.45) is 4.95. The molecule has 9 nitrogen and oxygen atoms in total. The summed E-state index contributed by atoms with van der Waals surface area (Å²) in [6.45, 7) is 2.76. The molecule has 0 unspecified atom stereocenters. The maximum Gasteiger partial charge on any atom is 0.232 e. The molecule has 0 spiro atoms. The van der Waals surface area contributed by atoms with Gasteiger partial charge in [-0.15, -0.1) is 10.2 Å². The third-order valence-corrected chi connectivity index (χ3v) is 5.61. The fourth-order valence-electron chi connectivity index (χ4n) is 3.94. The summed E-state index contributed by atoms with van der Waals surface area (Å²) < 4.78 is 3.72. The Morgan fingerprint density at radius 2 is 2.08 bits per heavy atom. The van der Waals surface area contributed by atoms with E-state index in [1.54, 1.807) is 22.8 Å². The lowest BCUT2D eigenvalue weighted by Crippen LogP contribution is -2.31. The topological polar surface area (TPSA) is 97.9 Å². The highest BCUT2D eigenvalue weighted by Gasteiger charge is 2.44. The molecule has 26 heavy (non-hydrogen) atoms. The van der Waals surface area contributed by atoms with Crippen molar-refractivity contribution in [1.82, 2.24) is 29.4 Å². The Hall–Kier alpha value is -2.71. The minimum atomic E-state index is -0.480. The van der Waals surface area contributed by atoms with Crippen LogP contribution in [-0.2, 0) is 29.6 Å². The van der Waals surface area contributed by atoms with Crippen LogP contribution in [-0.4, -0.2) is 48.3 Å². The second-order valence-electron chi connectivity index (χ2n) is 7.11. The van der Waals surface area contributed by atoms with Crippen LogP contribution in [0.5, 0.6) is 0 Å². The fraction of sp³-hybridized carbons (Fsp3) is 0.588. The summed E-state index contributed by atoms with van der Waals surface area (Å²) in [5, 5.41) is 15.5. The first-order chi connectivity index (χ1) is 12.5. The van der Waals surface area contributed by atoms with Crippen LogP contribution in [0, 0.1) is 12.8 Å². The van der Waals surface area contributed by atoms with E-state index in [0.29, 0.717) is 5.95 Å². The maximum atomic E-state index is 13.0. The third-order valence-electron chi connectivity index (χ3n) is 5.61. The molecule has 0 bridgehead atoms. The first-order valence-electron chi connectivity index (χ1n) is 8.94. The van der Waals surface area contributed by atoms with Crippen molar-refractivity contribution in [3.8, 4) is 0 Å². The van der Waals surface area contributed by atoms with E-state index in [2.05, 4.69) is 20.6 Å². The van der Waals surface area contributed by atoms with E-state index < -0.39 is 5.92 Å². The number of aryl methyl sites for hydroxylation is 2. The molecule has 2 aromatic heterocycles. The van der Waals surface area contributed by atoms with Gasteiger partial charge in [-0.2, -0.15) is 5.10 Å². The number of fused-ring (bicyclic) bond motifs is 1. The summed E-state index contributed by atoms with van der Waals surface area (Å²) in [7, 11) is 3.60. The number of hydrogen-bond donors (Lipinski definition) is 1. The number of nitrogens with one attached hydrogen (secondary N) is 1. The van der Waals surface area contributed by atoms with Gasteiger partial charge in [-0.1, -0.05) is 0 Å². The van der Waals surface area contributed by atoms with Crippen molar-refractivity contribution in [3.63, 3.8) is 0 Å². The van der Waals surface area contributed by atoms with Gasteiger partial charge in [0.15, 0.2) is 0 Å².